The first-order chi connectivity index (χ1) is 12.4. The topological polar surface area (TPSA) is 105 Å². The Labute approximate surface area is 150 Å². The van der Waals surface area contributed by atoms with Gasteiger partial charge in [0.15, 0.2) is 11.6 Å². The Balaban J connectivity index is 1.76. The summed E-state index contributed by atoms with van der Waals surface area (Å²) in [4.78, 5) is 25.4. The summed E-state index contributed by atoms with van der Waals surface area (Å²) in [7, 11) is 0. The normalized spacial score (nSPS) is 17.5. The van der Waals surface area contributed by atoms with Gasteiger partial charge in [0, 0.05) is 29.5 Å². The number of hydrogen-bond donors (Lipinski definition) is 1. The van der Waals surface area contributed by atoms with Crippen LogP contribution in [0.5, 0.6) is 0 Å². The number of pyridine rings is 1. The smallest absolute Gasteiger partial charge is 0.195 e. The maximum Gasteiger partial charge on any atom is 0.195 e. The van der Waals surface area contributed by atoms with Crippen LogP contribution in [0.15, 0.2) is 37.1 Å². The van der Waals surface area contributed by atoms with Crippen molar-refractivity contribution < 1.29 is 14.3 Å². The van der Waals surface area contributed by atoms with Gasteiger partial charge in [-0.3, -0.25) is 4.79 Å². The fourth-order valence-corrected chi connectivity index (χ4v) is 3.04. The van der Waals surface area contributed by atoms with E-state index < -0.39 is 5.79 Å². The van der Waals surface area contributed by atoms with Crippen LogP contribution in [0.1, 0.15) is 35.8 Å². The molecule has 0 atom stereocenters. The van der Waals surface area contributed by atoms with Gasteiger partial charge in [-0.1, -0.05) is 0 Å². The number of ketones is 1. The van der Waals surface area contributed by atoms with E-state index in [-0.39, 0.29) is 11.8 Å². The fourth-order valence-electron chi connectivity index (χ4n) is 3.04. The molecule has 26 heavy (non-hydrogen) atoms. The molecule has 1 fully saturated rings. The maximum absolute atomic E-state index is 13.0. The van der Waals surface area contributed by atoms with Gasteiger partial charge in [0.05, 0.1) is 24.8 Å². The van der Waals surface area contributed by atoms with Crippen LogP contribution in [0.4, 0.5) is 5.82 Å². The molecule has 0 aromatic carbocycles. The Hall–Kier alpha value is -2.84. The summed E-state index contributed by atoms with van der Waals surface area (Å²) in [5, 5.41) is 0.678. The predicted molar refractivity (Wildman–Crippen MR) is 94.6 cm³/mol. The molecule has 1 aliphatic heterocycles. The highest BCUT2D eigenvalue weighted by Gasteiger charge is 2.31. The lowest BCUT2D eigenvalue weighted by molar-refractivity contribution is -0.258. The average Bonchev–Trinajstić information content (AvgIpc) is 3.01. The zero-order chi connectivity index (χ0) is 18.3. The van der Waals surface area contributed by atoms with E-state index in [9.17, 15) is 4.79 Å². The minimum absolute atomic E-state index is 0.0792. The molecule has 1 saturated heterocycles. The third-order valence-electron chi connectivity index (χ3n) is 4.42. The third kappa shape index (κ3) is 2.93. The second kappa shape index (κ2) is 6.15. The molecule has 4 heterocycles. The van der Waals surface area contributed by atoms with Gasteiger partial charge < -0.3 is 19.8 Å². The first-order valence-corrected chi connectivity index (χ1v) is 8.29. The Kier molecular flexibility index (Phi) is 3.93. The van der Waals surface area contributed by atoms with Crippen LogP contribution >= 0.6 is 0 Å². The second-order valence-electron chi connectivity index (χ2n) is 6.68. The standard InChI is InChI=1S/C18H19N5O3/c1-18(2)25-8-12(9-26-18)23-7-14(13-6-20-10-22-17(13)23)16(24)11-3-4-21-15(19)5-11/h3-7,10,12H,8-9H2,1-2H3,(H2,19,21). The quantitative estimate of drug-likeness (QED) is 0.718. The molecular formula is C18H19N5O3. The molecule has 0 amide bonds. The molecule has 1 aliphatic rings. The van der Waals surface area contributed by atoms with Crippen LogP contribution in [0.3, 0.4) is 0 Å². The molecule has 0 spiro atoms. The number of nitrogen functional groups attached to an aromatic ring is 1. The van der Waals surface area contributed by atoms with Crippen LogP contribution in [0, 0.1) is 0 Å². The van der Waals surface area contributed by atoms with E-state index in [0.29, 0.717) is 41.2 Å². The zero-order valence-electron chi connectivity index (χ0n) is 14.5. The molecule has 3 aromatic heterocycles. The van der Waals surface area contributed by atoms with Crippen molar-refractivity contribution in [2.75, 3.05) is 18.9 Å². The second-order valence-corrected chi connectivity index (χ2v) is 6.68. The molecule has 3 aromatic rings. The lowest BCUT2D eigenvalue weighted by Gasteiger charge is -2.35. The summed E-state index contributed by atoms with van der Waals surface area (Å²) in [6, 6.07) is 3.12. The summed E-state index contributed by atoms with van der Waals surface area (Å²) in [5.74, 6) is -0.468. The fraction of sp³-hybridized carbons (Fsp3) is 0.333. The number of anilines is 1. The van der Waals surface area contributed by atoms with Gasteiger partial charge in [0.1, 0.15) is 17.8 Å². The molecule has 0 bridgehead atoms. The SMILES string of the molecule is CC1(C)OCC(n2cc(C(=O)c3ccnc(N)c3)c3cncnc32)CO1. The highest BCUT2D eigenvalue weighted by molar-refractivity contribution is 6.16. The molecular weight excluding hydrogens is 334 g/mol. The zero-order valence-corrected chi connectivity index (χ0v) is 14.5. The number of ether oxygens (including phenoxy) is 2. The van der Waals surface area contributed by atoms with Gasteiger partial charge in [0.25, 0.3) is 0 Å². The van der Waals surface area contributed by atoms with Gasteiger partial charge >= 0.3 is 0 Å². The number of carbonyl (C=O) groups excluding carboxylic acids is 1. The van der Waals surface area contributed by atoms with Crippen LogP contribution in [-0.4, -0.2) is 44.3 Å². The molecule has 8 nitrogen and oxygen atoms in total. The molecule has 4 rings (SSSR count). The van der Waals surface area contributed by atoms with Gasteiger partial charge in [-0.05, 0) is 26.0 Å². The van der Waals surface area contributed by atoms with Crippen molar-refractivity contribution in [3.63, 3.8) is 0 Å². The molecule has 0 unspecified atom stereocenters. The lowest BCUT2D eigenvalue weighted by Crippen LogP contribution is -2.40. The van der Waals surface area contributed by atoms with Crippen LogP contribution < -0.4 is 5.73 Å². The Morgan fingerprint density at radius 1 is 1.31 bits per heavy atom. The highest BCUT2D eigenvalue weighted by atomic mass is 16.7. The summed E-state index contributed by atoms with van der Waals surface area (Å²) in [6.45, 7) is 4.69. The number of hydrogen-bond acceptors (Lipinski definition) is 7. The number of nitrogens with two attached hydrogens (primary N) is 1. The van der Waals surface area contributed by atoms with Gasteiger partial charge in [0.2, 0.25) is 0 Å². The minimum Gasteiger partial charge on any atom is -0.384 e. The monoisotopic (exact) mass is 353 g/mol. The Morgan fingerprint density at radius 2 is 2.08 bits per heavy atom. The van der Waals surface area contributed by atoms with E-state index in [4.69, 9.17) is 15.2 Å². The van der Waals surface area contributed by atoms with E-state index in [2.05, 4.69) is 15.0 Å². The summed E-state index contributed by atoms with van der Waals surface area (Å²) in [5.41, 5.74) is 7.36. The number of carbonyl (C=O) groups is 1. The number of fused-ring (bicyclic) bond motifs is 1. The van der Waals surface area contributed by atoms with Crippen LogP contribution in [-0.2, 0) is 9.47 Å². The third-order valence-corrected chi connectivity index (χ3v) is 4.42. The minimum atomic E-state index is -0.609. The largest absolute Gasteiger partial charge is 0.384 e. The average molecular weight is 353 g/mol. The maximum atomic E-state index is 13.0. The van der Waals surface area contributed by atoms with Crippen molar-refractivity contribution in [3.05, 3.63) is 48.2 Å². The van der Waals surface area contributed by atoms with E-state index in [1.807, 2.05) is 18.4 Å². The Bertz CT molecular complexity index is 972. The lowest BCUT2D eigenvalue weighted by atomic mass is 10.1. The van der Waals surface area contributed by atoms with Crippen LogP contribution in [0.2, 0.25) is 0 Å². The number of aromatic nitrogens is 4. The van der Waals surface area contributed by atoms with Gasteiger partial charge in [-0.2, -0.15) is 0 Å². The molecule has 2 N–H and O–H groups in total. The van der Waals surface area contributed by atoms with E-state index in [1.165, 1.54) is 12.5 Å². The Morgan fingerprint density at radius 3 is 2.81 bits per heavy atom. The van der Waals surface area contributed by atoms with E-state index >= 15 is 0 Å². The molecule has 0 radical (unpaired) electrons. The first-order valence-electron chi connectivity index (χ1n) is 8.29. The van der Waals surface area contributed by atoms with Crippen molar-refractivity contribution in [2.24, 2.45) is 0 Å². The van der Waals surface area contributed by atoms with Crippen molar-refractivity contribution >= 4 is 22.6 Å². The first kappa shape index (κ1) is 16.6. The molecule has 0 saturated carbocycles. The molecule has 0 aliphatic carbocycles. The van der Waals surface area contributed by atoms with Crippen LogP contribution in [0.25, 0.3) is 11.0 Å². The summed E-state index contributed by atoms with van der Waals surface area (Å²) >= 11 is 0. The van der Waals surface area contributed by atoms with E-state index in [0.717, 1.165) is 0 Å². The highest BCUT2D eigenvalue weighted by Crippen LogP contribution is 2.29. The predicted octanol–water partition coefficient (Wildman–Crippen LogP) is 1.96. The van der Waals surface area contributed by atoms with E-state index in [1.54, 1.807) is 24.5 Å². The van der Waals surface area contributed by atoms with Crippen molar-refractivity contribution in [1.82, 2.24) is 19.5 Å². The molecule has 134 valence electrons. The number of nitrogens with zero attached hydrogens (tertiary/aromatic N) is 4. The van der Waals surface area contributed by atoms with Gasteiger partial charge in [-0.15, -0.1) is 0 Å². The number of rotatable bonds is 3. The summed E-state index contributed by atoms with van der Waals surface area (Å²) in [6.07, 6.45) is 6.41. The van der Waals surface area contributed by atoms with Crippen molar-refractivity contribution in [2.45, 2.75) is 25.7 Å². The van der Waals surface area contributed by atoms with Gasteiger partial charge in [-0.25, -0.2) is 15.0 Å². The summed E-state index contributed by atoms with van der Waals surface area (Å²) < 4.78 is 13.4. The molecule has 8 heteroatoms. The van der Waals surface area contributed by atoms with Crippen molar-refractivity contribution in [3.8, 4) is 0 Å². The van der Waals surface area contributed by atoms with Crippen molar-refractivity contribution in [1.29, 1.82) is 0 Å².